The van der Waals surface area contributed by atoms with Crippen LogP contribution in [0.25, 0.3) is 5.69 Å². The van der Waals surface area contributed by atoms with E-state index in [9.17, 15) is 9.59 Å². The summed E-state index contributed by atoms with van der Waals surface area (Å²) in [4.78, 5) is 24.5. The number of nitrogens with zero attached hydrogens (tertiary/aromatic N) is 3. The molecule has 0 unspecified atom stereocenters. The number of aromatic nitrogens is 2. The Hall–Kier alpha value is -2.63. The monoisotopic (exact) mass is 329 g/mol. The Labute approximate surface area is 141 Å². The summed E-state index contributed by atoms with van der Waals surface area (Å²) in [6.45, 7) is 4.30. The van der Waals surface area contributed by atoms with Gasteiger partial charge in [-0.1, -0.05) is 18.2 Å². The molecule has 6 nitrogen and oxygen atoms in total. The number of para-hydroxylation sites is 1. The predicted molar refractivity (Wildman–Crippen MR) is 91.2 cm³/mol. The first-order chi connectivity index (χ1) is 11.4. The van der Waals surface area contributed by atoms with Crippen LogP contribution in [-0.2, 0) is 16.0 Å². The summed E-state index contributed by atoms with van der Waals surface area (Å²) in [5.74, 6) is -0.870. The summed E-state index contributed by atoms with van der Waals surface area (Å²) in [7, 11) is 1.70. The summed E-state index contributed by atoms with van der Waals surface area (Å²) in [5, 5.41) is 13.2. The van der Waals surface area contributed by atoms with Crippen molar-refractivity contribution in [3.63, 3.8) is 0 Å². The lowest BCUT2D eigenvalue weighted by Crippen LogP contribution is -2.29. The zero-order valence-electron chi connectivity index (χ0n) is 14.3. The van der Waals surface area contributed by atoms with Crippen molar-refractivity contribution in [3.05, 3.63) is 47.3 Å². The average molecular weight is 329 g/mol. The molecule has 0 fully saturated rings. The summed E-state index contributed by atoms with van der Waals surface area (Å²) in [6.07, 6.45) is 0.800. The van der Waals surface area contributed by atoms with Gasteiger partial charge in [-0.2, -0.15) is 5.10 Å². The zero-order valence-corrected chi connectivity index (χ0v) is 14.3. The van der Waals surface area contributed by atoms with Crippen molar-refractivity contribution in [3.8, 4) is 5.69 Å². The molecule has 0 spiro atoms. The molecule has 2 aromatic rings. The lowest BCUT2D eigenvalue weighted by Gasteiger charge is -2.16. The van der Waals surface area contributed by atoms with E-state index >= 15 is 0 Å². The lowest BCUT2D eigenvalue weighted by atomic mass is 10.1. The van der Waals surface area contributed by atoms with Crippen LogP contribution in [0.2, 0.25) is 0 Å². The van der Waals surface area contributed by atoms with E-state index in [0.717, 1.165) is 22.6 Å². The number of carboxylic acid groups (broad SMARTS) is 1. The van der Waals surface area contributed by atoms with E-state index in [4.69, 9.17) is 5.11 Å². The Morgan fingerprint density at radius 1 is 1.21 bits per heavy atom. The Kier molecular flexibility index (Phi) is 5.73. The molecule has 0 aliphatic heterocycles. The van der Waals surface area contributed by atoms with Crippen molar-refractivity contribution in [2.75, 3.05) is 13.6 Å². The number of carbonyl (C=O) groups is 2. The molecular weight excluding hydrogens is 306 g/mol. The van der Waals surface area contributed by atoms with Crippen LogP contribution >= 0.6 is 0 Å². The fraction of sp³-hybridized carbons (Fsp3) is 0.389. The number of carboxylic acids is 1. The first-order valence-electron chi connectivity index (χ1n) is 7.96. The number of carbonyl (C=O) groups excluding carboxylic acids is 1. The number of hydrogen-bond donors (Lipinski definition) is 1. The fourth-order valence-electron chi connectivity index (χ4n) is 2.63. The second-order valence-electron chi connectivity index (χ2n) is 5.89. The van der Waals surface area contributed by atoms with E-state index in [2.05, 4.69) is 5.10 Å². The molecule has 1 amide bonds. The summed E-state index contributed by atoms with van der Waals surface area (Å²) >= 11 is 0. The molecule has 1 aromatic heterocycles. The average Bonchev–Trinajstić information content (AvgIpc) is 2.83. The molecule has 24 heavy (non-hydrogen) atoms. The molecule has 1 N–H and O–H groups in total. The van der Waals surface area contributed by atoms with E-state index in [1.54, 1.807) is 11.9 Å². The second-order valence-corrected chi connectivity index (χ2v) is 5.89. The van der Waals surface area contributed by atoms with Gasteiger partial charge < -0.3 is 10.0 Å². The van der Waals surface area contributed by atoms with Gasteiger partial charge in [-0.3, -0.25) is 9.59 Å². The molecule has 0 atom stereocenters. The molecule has 0 saturated carbocycles. The SMILES string of the molecule is Cc1nn(-c2ccccc2)c(C)c1CC(=O)N(C)CCCC(=O)O. The fourth-order valence-corrected chi connectivity index (χ4v) is 2.63. The van der Waals surface area contributed by atoms with Gasteiger partial charge >= 0.3 is 5.97 Å². The number of hydrogen-bond acceptors (Lipinski definition) is 3. The third-order valence-electron chi connectivity index (χ3n) is 4.08. The number of benzene rings is 1. The van der Waals surface area contributed by atoms with Gasteiger partial charge in [-0.05, 0) is 32.4 Å². The third kappa shape index (κ3) is 4.22. The van der Waals surface area contributed by atoms with Crippen LogP contribution in [0.3, 0.4) is 0 Å². The van der Waals surface area contributed by atoms with Gasteiger partial charge in [-0.25, -0.2) is 4.68 Å². The zero-order chi connectivity index (χ0) is 17.7. The quantitative estimate of drug-likeness (QED) is 0.846. The first kappa shape index (κ1) is 17.7. The molecule has 0 saturated heterocycles. The van der Waals surface area contributed by atoms with Crippen LogP contribution in [0.15, 0.2) is 30.3 Å². The van der Waals surface area contributed by atoms with E-state index in [1.165, 1.54) is 0 Å². The third-order valence-corrected chi connectivity index (χ3v) is 4.08. The van der Waals surface area contributed by atoms with Crippen molar-refractivity contribution in [1.82, 2.24) is 14.7 Å². The minimum absolute atomic E-state index is 0.0285. The molecule has 1 aromatic carbocycles. The van der Waals surface area contributed by atoms with Crippen LogP contribution < -0.4 is 0 Å². The molecular formula is C18H23N3O3. The molecule has 6 heteroatoms. The highest BCUT2D eigenvalue weighted by Gasteiger charge is 2.18. The molecule has 1 heterocycles. The second kappa shape index (κ2) is 7.77. The molecule has 0 bridgehead atoms. The van der Waals surface area contributed by atoms with Gasteiger partial charge in [0.2, 0.25) is 5.91 Å². The van der Waals surface area contributed by atoms with Crippen LogP contribution in [0.5, 0.6) is 0 Å². The van der Waals surface area contributed by atoms with E-state index < -0.39 is 5.97 Å². The minimum atomic E-state index is -0.841. The largest absolute Gasteiger partial charge is 0.481 e. The van der Waals surface area contributed by atoms with Crippen molar-refractivity contribution >= 4 is 11.9 Å². The lowest BCUT2D eigenvalue weighted by molar-refractivity contribution is -0.138. The van der Waals surface area contributed by atoms with Crippen LogP contribution in [0.4, 0.5) is 0 Å². The maximum absolute atomic E-state index is 12.4. The maximum Gasteiger partial charge on any atom is 0.303 e. The van der Waals surface area contributed by atoms with Gasteiger partial charge in [0.05, 0.1) is 17.8 Å². The highest BCUT2D eigenvalue weighted by atomic mass is 16.4. The molecule has 0 radical (unpaired) electrons. The Bertz CT molecular complexity index is 723. The minimum Gasteiger partial charge on any atom is -0.481 e. The Morgan fingerprint density at radius 2 is 1.88 bits per heavy atom. The van der Waals surface area contributed by atoms with Crippen molar-refractivity contribution in [2.45, 2.75) is 33.1 Å². The smallest absolute Gasteiger partial charge is 0.303 e. The number of amides is 1. The van der Waals surface area contributed by atoms with E-state index in [-0.39, 0.29) is 18.7 Å². The van der Waals surface area contributed by atoms with E-state index in [0.29, 0.717) is 13.0 Å². The summed E-state index contributed by atoms with van der Waals surface area (Å²) < 4.78 is 1.85. The standard InChI is InChI=1S/C18H23N3O3/c1-13-16(12-17(22)20(3)11-7-10-18(23)24)14(2)21(19-13)15-8-5-4-6-9-15/h4-6,8-9H,7,10-12H2,1-3H3,(H,23,24). The highest BCUT2D eigenvalue weighted by molar-refractivity contribution is 5.79. The predicted octanol–water partition coefficient (Wildman–Crippen LogP) is 2.35. The highest BCUT2D eigenvalue weighted by Crippen LogP contribution is 2.19. The normalized spacial score (nSPS) is 10.6. The van der Waals surface area contributed by atoms with Gasteiger partial charge in [0, 0.05) is 31.3 Å². The van der Waals surface area contributed by atoms with Gasteiger partial charge in [-0.15, -0.1) is 0 Å². The molecule has 0 aliphatic carbocycles. The molecule has 2 rings (SSSR count). The van der Waals surface area contributed by atoms with Gasteiger partial charge in [0.25, 0.3) is 0 Å². The number of likely N-dealkylation sites (N-methyl/N-ethyl adjacent to an activating group) is 1. The molecule has 128 valence electrons. The van der Waals surface area contributed by atoms with Gasteiger partial charge in [0.15, 0.2) is 0 Å². The summed E-state index contributed by atoms with van der Waals surface area (Å²) in [6, 6.07) is 9.80. The van der Waals surface area contributed by atoms with Crippen LogP contribution in [-0.4, -0.2) is 45.3 Å². The maximum atomic E-state index is 12.4. The Morgan fingerprint density at radius 3 is 2.50 bits per heavy atom. The number of aliphatic carboxylic acids is 1. The van der Waals surface area contributed by atoms with E-state index in [1.807, 2.05) is 48.9 Å². The topological polar surface area (TPSA) is 75.4 Å². The van der Waals surface area contributed by atoms with Gasteiger partial charge in [0.1, 0.15) is 0 Å². The van der Waals surface area contributed by atoms with Crippen molar-refractivity contribution < 1.29 is 14.7 Å². The number of aryl methyl sites for hydroxylation is 1. The molecule has 0 aliphatic rings. The van der Waals surface area contributed by atoms with Crippen LogP contribution in [0, 0.1) is 13.8 Å². The van der Waals surface area contributed by atoms with Crippen molar-refractivity contribution in [2.24, 2.45) is 0 Å². The first-order valence-corrected chi connectivity index (χ1v) is 7.96. The number of rotatable bonds is 7. The van der Waals surface area contributed by atoms with Crippen molar-refractivity contribution in [1.29, 1.82) is 0 Å². The summed E-state index contributed by atoms with van der Waals surface area (Å²) in [5.41, 5.74) is 3.68. The Balaban J connectivity index is 2.08. The van der Waals surface area contributed by atoms with Crippen LogP contribution in [0.1, 0.15) is 29.8 Å².